The van der Waals surface area contributed by atoms with E-state index in [0.717, 1.165) is 31.8 Å². The van der Waals surface area contributed by atoms with E-state index in [4.69, 9.17) is 14.5 Å². The van der Waals surface area contributed by atoms with Gasteiger partial charge in [-0.2, -0.15) is 5.10 Å². The molecule has 2 aliphatic heterocycles. The Bertz CT molecular complexity index is 1660. The van der Waals surface area contributed by atoms with E-state index in [9.17, 15) is 4.39 Å². The van der Waals surface area contributed by atoms with Gasteiger partial charge in [-0.15, -0.1) is 0 Å². The van der Waals surface area contributed by atoms with Crippen molar-refractivity contribution in [1.82, 2.24) is 34.9 Å². The lowest BCUT2D eigenvalue weighted by molar-refractivity contribution is 0.271. The first-order valence-corrected chi connectivity index (χ1v) is 11.6. The SMILES string of the molecule is Fc1cc(Oc2ccn3ncnc3c2)c(F)cc1Nc1ncnc2cc3c(nc12)N1CCN[C@H](CO3)C1. The van der Waals surface area contributed by atoms with Gasteiger partial charge in [-0.1, -0.05) is 0 Å². The van der Waals surface area contributed by atoms with Crippen molar-refractivity contribution >= 4 is 34.0 Å². The van der Waals surface area contributed by atoms with Crippen molar-refractivity contribution in [1.29, 1.82) is 0 Å². The number of benzene rings is 1. The van der Waals surface area contributed by atoms with Gasteiger partial charge in [0.25, 0.3) is 0 Å². The molecular formula is C24H19F2N9O2. The van der Waals surface area contributed by atoms with Crippen LogP contribution in [0.3, 0.4) is 0 Å². The number of ether oxygens (including phenoxy) is 2. The third kappa shape index (κ3) is 3.89. The Morgan fingerprint density at radius 2 is 2.03 bits per heavy atom. The molecule has 0 aliphatic carbocycles. The maximum absolute atomic E-state index is 15.1. The maximum Gasteiger partial charge on any atom is 0.172 e. The molecule has 1 atom stereocenters. The second-order valence-corrected chi connectivity index (χ2v) is 8.72. The van der Waals surface area contributed by atoms with Crippen LogP contribution in [-0.2, 0) is 0 Å². The molecule has 1 saturated heterocycles. The number of hydrogen-bond acceptors (Lipinski definition) is 10. The van der Waals surface area contributed by atoms with Crippen LogP contribution in [0.1, 0.15) is 0 Å². The summed E-state index contributed by atoms with van der Waals surface area (Å²) in [7, 11) is 0. The lowest BCUT2D eigenvalue weighted by Crippen LogP contribution is -2.51. The highest BCUT2D eigenvalue weighted by molar-refractivity contribution is 5.90. The number of nitrogens with zero attached hydrogens (tertiary/aromatic N) is 7. The molecule has 0 amide bonds. The molecule has 6 heterocycles. The maximum atomic E-state index is 15.1. The average Bonchev–Trinajstić information content (AvgIpc) is 3.34. The molecule has 2 aliphatic rings. The van der Waals surface area contributed by atoms with Crippen molar-refractivity contribution in [3.8, 4) is 17.2 Å². The van der Waals surface area contributed by atoms with Gasteiger partial charge in [-0.25, -0.2) is 33.2 Å². The Labute approximate surface area is 208 Å². The first-order valence-electron chi connectivity index (χ1n) is 11.6. The smallest absolute Gasteiger partial charge is 0.172 e. The lowest BCUT2D eigenvalue weighted by atomic mass is 10.2. The molecule has 37 heavy (non-hydrogen) atoms. The Morgan fingerprint density at radius 1 is 1.08 bits per heavy atom. The predicted molar refractivity (Wildman–Crippen MR) is 130 cm³/mol. The van der Waals surface area contributed by atoms with Gasteiger partial charge in [0.2, 0.25) is 0 Å². The molecule has 2 bridgehead atoms. The minimum absolute atomic E-state index is 0.118. The van der Waals surface area contributed by atoms with Crippen LogP contribution in [-0.4, -0.2) is 61.8 Å². The second-order valence-electron chi connectivity index (χ2n) is 8.72. The molecule has 186 valence electrons. The summed E-state index contributed by atoms with van der Waals surface area (Å²) < 4.78 is 43.1. The van der Waals surface area contributed by atoms with Gasteiger partial charge in [0.05, 0.1) is 17.2 Å². The molecule has 13 heteroatoms. The fourth-order valence-electron chi connectivity index (χ4n) is 4.52. The van der Waals surface area contributed by atoms with Crippen LogP contribution in [0.25, 0.3) is 16.7 Å². The highest BCUT2D eigenvalue weighted by atomic mass is 19.1. The fourth-order valence-corrected chi connectivity index (χ4v) is 4.52. The van der Waals surface area contributed by atoms with Crippen molar-refractivity contribution in [3.63, 3.8) is 0 Å². The van der Waals surface area contributed by atoms with E-state index in [0.29, 0.717) is 40.6 Å². The number of aromatic nitrogens is 6. The fraction of sp³-hybridized carbons (Fsp3) is 0.208. The van der Waals surface area contributed by atoms with Gasteiger partial charge in [-0.05, 0) is 6.07 Å². The molecule has 4 aromatic heterocycles. The Kier molecular flexibility index (Phi) is 4.96. The summed E-state index contributed by atoms with van der Waals surface area (Å²) in [4.78, 5) is 19.5. The van der Waals surface area contributed by atoms with Crippen LogP contribution in [0.15, 0.2) is 49.2 Å². The van der Waals surface area contributed by atoms with E-state index in [1.165, 1.54) is 17.2 Å². The van der Waals surface area contributed by atoms with E-state index in [-0.39, 0.29) is 23.3 Å². The van der Waals surface area contributed by atoms with E-state index in [2.05, 4.69) is 35.6 Å². The Hall–Kier alpha value is -4.65. The summed E-state index contributed by atoms with van der Waals surface area (Å²) in [6.07, 6.45) is 4.33. The molecule has 0 unspecified atom stereocenters. The number of pyridine rings is 2. The first kappa shape index (κ1) is 21.6. The van der Waals surface area contributed by atoms with Crippen molar-refractivity contribution < 1.29 is 18.3 Å². The number of fused-ring (bicyclic) bond motifs is 6. The molecule has 0 spiro atoms. The third-order valence-corrected chi connectivity index (χ3v) is 6.31. The molecule has 1 aromatic carbocycles. The van der Waals surface area contributed by atoms with E-state index >= 15 is 4.39 Å². The summed E-state index contributed by atoms with van der Waals surface area (Å²) in [5, 5.41) is 10.3. The molecular weight excluding hydrogens is 484 g/mol. The van der Waals surface area contributed by atoms with Crippen LogP contribution in [0, 0.1) is 11.6 Å². The van der Waals surface area contributed by atoms with E-state index in [1.54, 1.807) is 24.4 Å². The van der Waals surface area contributed by atoms with Crippen LogP contribution >= 0.6 is 0 Å². The van der Waals surface area contributed by atoms with Crippen molar-refractivity contribution in [2.75, 3.05) is 36.5 Å². The van der Waals surface area contributed by atoms with Crippen molar-refractivity contribution in [2.24, 2.45) is 0 Å². The molecule has 2 N–H and O–H groups in total. The summed E-state index contributed by atoms with van der Waals surface area (Å²) in [5.41, 5.74) is 1.34. The van der Waals surface area contributed by atoms with Gasteiger partial charge in [-0.3, -0.25) is 0 Å². The summed E-state index contributed by atoms with van der Waals surface area (Å²) in [5.74, 6) is 0.0890. The topological polar surface area (TPSA) is 115 Å². The van der Waals surface area contributed by atoms with E-state index < -0.39 is 11.6 Å². The zero-order valence-electron chi connectivity index (χ0n) is 19.2. The highest BCUT2D eigenvalue weighted by Crippen LogP contribution is 2.36. The normalized spacial score (nSPS) is 16.8. The Morgan fingerprint density at radius 3 is 2.97 bits per heavy atom. The van der Waals surface area contributed by atoms with Crippen LogP contribution in [0.4, 0.5) is 26.1 Å². The minimum atomic E-state index is -0.759. The summed E-state index contributed by atoms with van der Waals surface area (Å²) >= 11 is 0. The molecule has 11 nitrogen and oxygen atoms in total. The van der Waals surface area contributed by atoms with Gasteiger partial charge in [0.15, 0.2) is 40.4 Å². The van der Waals surface area contributed by atoms with Gasteiger partial charge in [0.1, 0.15) is 30.5 Å². The summed E-state index contributed by atoms with van der Waals surface area (Å²) in [6, 6.07) is 7.14. The average molecular weight is 503 g/mol. The number of rotatable bonds is 4. The Balaban J connectivity index is 1.21. The van der Waals surface area contributed by atoms with Crippen molar-refractivity contribution in [3.05, 3.63) is 60.8 Å². The number of hydrogen-bond donors (Lipinski definition) is 2. The molecule has 5 aromatic rings. The monoisotopic (exact) mass is 503 g/mol. The minimum Gasteiger partial charge on any atom is -0.488 e. The molecule has 0 saturated carbocycles. The van der Waals surface area contributed by atoms with Crippen LogP contribution in [0.2, 0.25) is 0 Å². The predicted octanol–water partition coefficient (Wildman–Crippen LogP) is 3.05. The number of nitrogens with one attached hydrogen (secondary N) is 2. The third-order valence-electron chi connectivity index (χ3n) is 6.31. The highest BCUT2D eigenvalue weighted by Gasteiger charge is 2.28. The zero-order chi connectivity index (χ0) is 24.9. The zero-order valence-corrected chi connectivity index (χ0v) is 19.2. The number of anilines is 3. The van der Waals surface area contributed by atoms with Crippen molar-refractivity contribution in [2.45, 2.75) is 6.04 Å². The summed E-state index contributed by atoms with van der Waals surface area (Å²) in [6.45, 7) is 2.87. The van der Waals surface area contributed by atoms with E-state index in [1.807, 2.05) is 0 Å². The molecule has 7 rings (SSSR count). The number of halogens is 2. The van der Waals surface area contributed by atoms with Gasteiger partial charge in [0, 0.05) is 50.1 Å². The van der Waals surface area contributed by atoms with Crippen LogP contribution in [0.5, 0.6) is 17.2 Å². The van der Waals surface area contributed by atoms with Crippen LogP contribution < -0.4 is 25.0 Å². The largest absolute Gasteiger partial charge is 0.488 e. The molecule has 0 radical (unpaired) electrons. The van der Waals surface area contributed by atoms with Gasteiger partial charge < -0.3 is 25.0 Å². The lowest BCUT2D eigenvalue weighted by Gasteiger charge is -2.31. The molecule has 1 fully saturated rings. The number of piperazine rings is 1. The first-order chi connectivity index (χ1) is 18.1. The standard InChI is InChI=1S/C24H19F2N9O2/c25-15-7-19(37-14-1-3-35-21(5-14)29-12-31-35)16(26)6-17(15)32-23-22-18(28-11-30-23)8-20-24(33-22)34-4-2-27-13(9-34)10-36-20/h1,3,5-8,11-13,27H,2,4,9-10H2,(H,28,30,32)/t13-/m0/s1. The quantitative estimate of drug-likeness (QED) is 0.379. The second kappa shape index (κ2) is 8.48. The van der Waals surface area contributed by atoms with Gasteiger partial charge >= 0.3 is 0 Å².